The van der Waals surface area contributed by atoms with Gasteiger partial charge in [0.1, 0.15) is 0 Å². The summed E-state index contributed by atoms with van der Waals surface area (Å²) in [6.45, 7) is 0. The molecule has 0 aliphatic carbocycles. The molecule has 0 aliphatic heterocycles. The lowest BCUT2D eigenvalue weighted by Gasteiger charge is -2.15. The van der Waals surface area contributed by atoms with Crippen LogP contribution in [0.4, 0.5) is 13.2 Å². The Hall–Kier alpha value is -3.23. The Morgan fingerprint density at radius 3 is 2.42 bits per heavy atom. The number of nitrogens with zero attached hydrogens (tertiary/aromatic N) is 3. The molecule has 0 atom stereocenters. The third kappa shape index (κ3) is 4.44. The highest BCUT2D eigenvalue weighted by atomic mass is 19.4. The maximum Gasteiger partial charge on any atom is 0.418 e. The molecule has 9 heteroatoms. The van der Waals surface area contributed by atoms with Gasteiger partial charge in [-0.15, -0.1) is 0 Å². The molecule has 0 aliphatic rings. The fraction of sp³-hybridized carbons (Fsp3) is 0.176. The number of alkyl halides is 3. The van der Waals surface area contributed by atoms with Gasteiger partial charge in [0, 0.05) is 19.4 Å². The topological polar surface area (TPSA) is 71.9 Å². The quantitative estimate of drug-likeness (QED) is 0.474. The minimum atomic E-state index is -4.70. The molecule has 2 rings (SSSR count). The fourth-order valence-corrected chi connectivity index (χ4v) is 2.01. The molecule has 2 aromatic rings. The van der Waals surface area contributed by atoms with E-state index in [4.69, 9.17) is 0 Å². The monoisotopic (exact) mass is 365 g/mol. The first-order valence-electron chi connectivity index (χ1n) is 7.25. The van der Waals surface area contributed by atoms with Crippen LogP contribution in [0.2, 0.25) is 0 Å². The molecule has 0 N–H and O–H groups in total. The molecule has 0 unspecified atom stereocenters. The van der Waals surface area contributed by atoms with E-state index in [1.807, 2.05) is 0 Å². The van der Waals surface area contributed by atoms with Crippen LogP contribution < -0.4 is 0 Å². The number of hydrogen-bond donors (Lipinski definition) is 0. The fourth-order valence-electron chi connectivity index (χ4n) is 2.01. The number of ether oxygens (including phenoxy) is 1. The van der Waals surface area contributed by atoms with E-state index in [0.717, 1.165) is 17.3 Å². The van der Waals surface area contributed by atoms with Gasteiger partial charge in [0.05, 0.1) is 30.0 Å². The van der Waals surface area contributed by atoms with Crippen molar-refractivity contribution in [1.82, 2.24) is 9.99 Å². The van der Waals surface area contributed by atoms with E-state index in [1.165, 1.54) is 32.5 Å². The Bertz CT molecular complexity index is 833. The number of hydrogen-bond acceptors (Lipinski definition) is 5. The average Bonchev–Trinajstić information content (AvgIpc) is 2.64. The number of benzene rings is 1. The number of halogens is 3. The van der Waals surface area contributed by atoms with Gasteiger partial charge in [0.25, 0.3) is 5.91 Å². The van der Waals surface area contributed by atoms with E-state index >= 15 is 0 Å². The van der Waals surface area contributed by atoms with Crippen molar-refractivity contribution in [2.45, 2.75) is 6.18 Å². The summed E-state index contributed by atoms with van der Waals surface area (Å²) in [5.74, 6) is -1.43. The number of carbonyl (C=O) groups excluding carboxylic acids is 2. The van der Waals surface area contributed by atoms with Crippen molar-refractivity contribution < 1.29 is 27.5 Å². The highest BCUT2D eigenvalue weighted by molar-refractivity contribution is 5.96. The van der Waals surface area contributed by atoms with Crippen LogP contribution in [0.1, 0.15) is 31.8 Å². The Morgan fingerprint density at radius 1 is 1.19 bits per heavy atom. The van der Waals surface area contributed by atoms with Crippen molar-refractivity contribution in [3.05, 3.63) is 65.0 Å². The third-order valence-electron chi connectivity index (χ3n) is 3.36. The lowest BCUT2D eigenvalue weighted by Crippen LogP contribution is -2.25. The van der Waals surface area contributed by atoms with Crippen LogP contribution >= 0.6 is 0 Å². The SMILES string of the molecule is COC(=O)c1ccc(/C=N/N(C)C(=O)c2ccncc2C(F)(F)F)cc1. The van der Waals surface area contributed by atoms with Gasteiger partial charge in [-0.1, -0.05) is 12.1 Å². The van der Waals surface area contributed by atoms with Gasteiger partial charge >= 0.3 is 12.1 Å². The molecule has 1 aromatic heterocycles. The molecule has 1 aromatic carbocycles. The molecular formula is C17H14F3N3O3. The molecule has 0 saturated carbocycles. The number of methoxy groups -OCH3 is 1. The number of aromatic nitrogens is 1. The first kappa shape index (κ1) is 19.1. The lowest BCUT2D eigenvalue weighted by molar-refractivity contribution is -0.138. The van der Waals surface area contributed by atoms with E-state index in [1.54, 1.807) is 12.1 Å². The summed E-state index contributed by atoms with van der Waals surface area (Å²) in [7, 11) is 2.49. The molecular weight excluding hydrogens is 351 g/mol. The second-order valence-electron chi connectivity index (χ2n) is 5.11. The predicted molar refractivity (Wildman–Crippen MR) is 86.7 cm³/mol. The highest BCUT2D eigenvalue weighted by Gasteiger charge is 2.36. The van der Waals surface area contributed by atoms with Gasteiger partial charge in [-0.2, -0.15) is 18.3 Å². The van der Waals surface area contributed by atoms with Crippen LogP contribution in [0.15, 0.2) is 47.8 Å². The van der Waals surface area contributed by atoms with E-state index < -0.39 is 29.2 Å². The summed E-state index contributed by atoms with van der Waals surface area (Å²) in [5, 5.41) is 4.63. The maximum absolute atomic E-state index is 13.0. The van der Waals surface area contributed by atoms with Crippen LogP contribution in [0.3, 0.4) is 0 Å². The first-order chi connectivity index (χ1) is 12.2. The zero-order valence-corrected chi connectivity index (χ0v) is 13.8. The normalized spacial score (nSPS) is 11.4. The third-order valence-corrected chi connectivity index (χ3v) is 3.36. The standard InChI is InChI=1S/C17H14F3N3O3/c1-23(15(24)13-7-8-21-10-14(13)17(18,19)20)22-9-11-3-5-12(6-4-11)16(25)26-2/h3-10H,1-2H3/b22-9+. The van der Waals surface area contributed by atoms with Gasteiger partial charge in [0.15, 0.2) is 0 Å². The van der Waals surface area contributed by atoms with E-state index in [-0.39, 0.29) is 0 Å². The molecule has 0 spiro atoms. The van der Waals surface area contributed by atoms with Crippen LogP contribution in [0, 0.1) is 0 Å². The predicted octanol–water partition coefficient (Wildman–Crippen LogP) is 2.99. The molecule has 0 radical (unpaired) electrons. The lowest BCUT2D eigenvalue weighted by atomic mass is 10.1. The highest BCUT2D eigenvalue weighted by Crippen LogP contribution is 2.31. The van der Waals surface area contributed by atoms with Gasteiger partial charge < -0.3 is 4.74 Å². The summed E-state index contributed by atoms with van der Waals surface area (Å²) in [6.07, 6.45) is -1.72. The van der Waals surface area contributed by atoms with Crippen LogP contribution in [0.25, 0.3) is 0 Å². The molecule has 1 heterocycles. The Morgan fingerprint density at radius 2 is 1.85 bits per heavy atom. The Kier molecular flexibility index (Phi) is 5.71. The van der Waals surface area contributed by atoms with Gasteiger partial charge in [-0.3, -0.25) is 9.78 Å². The zero-order valence-electron chi connectivity index (χ0n) is 13.8. The maximum atomic E-state index is 13.0. The number of hydrazone groups is 1. The number of pyridine rings is 1. The minimum Gasteiger partial charge on any atom is -0.465 e. The molecule has 1 amide bonds. The Balaban J connectivity index is 2.17. The average molecular weight is 365 g/mol. The smallest absolute Gasteiger partial charge is 0.418 e. The van der Waals surface area contributed by atoms with Crippen LogP contribution in [-0.2, 0) is 10.9 Å². The van der Waals surface area contributed by atoms with Crippen molar-refractivity contribution in [2.75, 3.05) is 14.2 Å². The molecule has 0 bridgehead atoms. The summed E-state index contributed by atoms with van der Waals surface area (Å²) < 4.78 is 43.5. The van der Waals surface area contributed by atoms with Gasteiger partial charge in [0.2, 0.25) is 0 Å². The summed E-state index contributed by atoms with van der Waals surface area (Å²) in [5.41, 5.74) is -0.800. The van der Waals surface area contributed by atoms with Crippen LogP contribution in [-0.4, -0.2) is 42.2 Å². The second-order valence-corrected chi connectivity index (χ2v) is 5.11. The first-order valence-corrected chi connectivity index (χ1v) is 7.25. The Labute approximate surface area is 146 Å². The van der Waals surface area contributed by atoms with Crippen molar-refractivity contribution in [3.63, 3.8) is 0 Å². The van der Waals surface area contributed by atoms with E-state index in [2.05, 4.69) is 14.8 Å². The number of carbonyl (C=O) groups is 2. The van der Waals surface area contributed by atoms with Crippen molar-refractivity contribution in [1.29, 1.82) is 0 Å². The molecule has 26 heavy (non-hydrogen) atoms. The summed E-state index contributed by atoms with van der Waals surface area (Å²) >= 11 is 0. The van der Waals surface area contributed by atoms with Gasteiger partial charge in [-0.25, -0.2) is 9.80 Å². The largest absolute Gasteiger partial charge is 0.465 e. The summed E-state index contributed by atoms with van der Waals surface area (Å²) in [4.78, 5) is 27.0. The van der Waals surface area contributed by atoms with Crippen molar-refractivity contribution in [2.24, 2.45) is 5.10 Å². The van der Waals surface area contributed by atoms with E-state index in [0.29, 0.717) is 17.3 Å². The second kappa shape index (κ2) is 7.77. The number of amides is 1. The molecule has 136 valence electrons. The molecule has 0 fully saturated rings. The number of esters is 1. The van der Waals surface area contributed by atoms with Crippen molar-refractivity contribution >= 4 is 18.1 Å². The number of rotatable bonds is 4. The van der Waals surface area contributed by atoms with E-state index in [9.17, 15) is 22.8 Å². The minimum absolute atomic E-state index is 0.334. The van der Waals surface area contributed by atoms with Crippen LogP contribution in [0.5, 0.6) is 0 Å². The molecule has 6 nitrogen and oxygen atoms in total. The van der Waals surface area contributed by atoms with Gasteiger partial charge in [-0.05, 0) is 23.8 Å². The van der Waals surface area contributed by atoms with Crippen molar-refractivity contribution in [3.8, 4) is 0 Å². The summed E-state index contributed by atoms with van der Waals surface area (Å²) in [6, 6.07) is 7.10. The molecule has 0 saturated heterocycles. The zero-order chi connectivity index (χ0) is 19.3.